The molecule has 12 heteroatoms. The molecule has 3 rings (SSSR count). The quantitative estimate of drug-likeness (QED) is 0.299. The number of benzene rings is 1. The number of hydrogen-bond donors (Lipinski definition) is 2. The molecule has 1 aliphatic rings. The van der Waals surface area contributed by atoms with E-state index in [0.29, 0.717) is 18.6 Å². The lowest BCUT2D eigenvalue weighted by atomic mass is 10.0. The Morgan fingerprint density at radius 1 is 1.22 bits per heavy atom. The summed E-state index contributed by atoms with van der Waals surface area (Å²) < 4.78 is 25.2. The monoisotopic (exact) mass is 553 g/mol. The maximum Gasteiger partial charge on any atom is 0.330 e. The molecule has 0 spiro atoms. The molecule has 1 aromatic heterocycles. The number of para-hydroxylation sites is 1. The number of carbonyl (C=O) groups is 1. The van der Waals surface area contributed by atoms with Crippen molar-refractivity contribution in [3.63, 3.8) is 0 Å². The number of esters is 1. The smallest absolute Gasteiger partial charge is 0.330 e. The van der Waals surface area contributed by atoms with Crippen LogP contribution in [-0.4, -0.2) is 40.4 Å². The lowest BCUT2D eigenvalue weighted by Crippen LogP contribution is -2.40. The minimum absolute atomic E-state index is 0.0206. The predicted molar refractivity (Wildman–Crippen MR) is 144 cm³/mol. The van der Waals surface area contributed by atoms with Crippen molar-refractivity contribution in [1.82, 2.24) is 14.6 Å². The fourth-order valence-electron chi connectivity index (χ4n) is 4.06. The second-order valence-corrected chi connectivity index (χ2v) is 13.0. The van der Waals surface area contributed by atoms with Gasteiger partial charge in [0.2, 0.25) is 0 Å². The summed E-state index contributed by atoms with van der Waals surface area (Å²) in [5.74, 6) is 0.263. The van der Waals surface area contributed by atoms with Gasteiger partial charge in [0.25, 0.3) is 5.56 Å². The second-order valence-electron chi connectivity index (χ2n) is 9.87. The molecule has 2 heterocycles. The third-order valence-electron chi connectivity index (χ3n) is 5.64. The molecule has 2 unspecified atom stereocenters. The van der Waals surface area contributed by atoms with Crippen LogP contribution in [0.2, 0.25) is 0 Å². The van der Waals surface area contributed by atoms with Crippen LogP contribution in [0.5, 0.6) is 5.75 Å². The van der Waals surface area contributed by atoms with Crippen molar-refractivity contribution in [2.45, 2.75) is 71.9 Å². The Labute approximate surface area is 221 Å². The van der Waals surface area contributed by atoms with Crippen molar-refractivity contribution in [3.05, 3.63) is 63.4 Å². The maximum atomic E-state index is 12.9. The van der Waals surface area contributed by atoms with Crippen molar-refractivity contribution in [2.75, 3.05) is 6.61 Å². The number of nitrogens with zero attached hydrogens (tertiary/aromatic N) is 1. The van der Waals surface area contributed by atoms with E-state index in [2.05, 4.69) is 10.1 Å². The van der Waals surface area contributed by atoms with Gasteiger partial charge in [-0.15, -0.1) is 0 Å². The molecule has 5 atom stereocenters. The molecule has 2 N–H and O–H groups in total. The van der Waals surface area contributed by atoms with E-state index in [0.717, 1.165) is 0 Å². The van der Waals surface area contributed by atoms with E-state index in [1.807, 2.05) is 39.0 Å². The van der Waals surface area contributed by atoms with E-state index in [4.69, 9.17) is 30.3 Å². The SMILES string of the molecule is CC(C)CC(NP(=S)(OC[C@@H]1C[C@H](C)[C@H](n2ccc(=O)[nH]c2=O)O1)Oc1ccccc1)C(=O)OC(C)C. The number of H-pyrrole nitrogens is 1. The van der Waals surface area contributed by atoms with E-state index >= 15 is 0 Å². The highest BCUT2D eigenvalue weighted by molar-refractivity contribution is 8.09. The zero-order valence-corrected chi connectivity index (χ0v) is 23.5. The molecule has 1 fully saturated rings. The van der Waals surface area contributed by atoms with Gasteiger partial charge >= 0.3 is 18.3 Å². The molecular formula is C25H36N3O7PS. The van der Waals surface area contributed by atoms with Crippen LogP contribution in [0, 0.1) is 11.8 Å². The zero-order valence-electron chi connectivity index (χ0n) is 21.8. The highest BCUT2D eigenvalue weighted by Crippen LogP contribution is 2.47. The van der Waals surface area contributed by atoms with E-state index in [1.165, 1.54) is 16.8 Å². The molecule has 0 amide bonds. The summed E-state index contributed by atoms with van der Waals surface area (Å²) in [7, 11) is 0. The van der Waals surface area contributed by atoms with Crippen LogP contribution in [0.1, 0.15) is 53.7 Å². The first-order chi connectivity index (χ1) is 17.5. The second kappa shape index (κ2) is 13.0. The Hall–Kier alpha value is -2.30. The molecular weight excluding hydrogens is 517 g/mol. The highest BCUT2D eigenvalue weighted by Gasteiger charge is 2.37. The van der Waals surface area contributed by atoms with Gasteiger partial charge in [-0.3, -0.25) is 19.1 Å². The van der Waals surface area contributed by atoms with Gasteiger partial charge in [0, 0.05) is 18.2 Å². The van der Waals surface area contributed by atoms with Crippen molar-refractivity contribution in [1.29, 1.82) is 0 Å². The van der Waals surface area contributed by atoms with Crippen molar-refractivity contribution in [3.8, 4) is 5.75 Å². The normalized spacial score (nSPS) is 22.1. The lowest BCUT2D eigenvalue weighted by molar-refractivity contribution is -0.150. The molecule has 1 aromatic carbocycles. The average molecular weight is 554 g/mol. The van der Waals surface area contributed by atoms with Gasteiger partial charge in [-0.2, -0.15) is 0 Å². The Morgan fingerprint density at radius 2 is 1.92 bits per heavy atom. The molecule has 0 aliphatic carbocycles. The van der Waals surface area contributed by atoms with E-state index in [-0.39, 0.29) is 30.7 Å². The number of nitrogens with one attached hydrogen (secondary N) is 2. The minimum Gasteiger partial charge on any atom is -0.462 e. The Bertz CT molecular complexity index is 1200. The molecule has 2 aromatic rings. The number of ether oxygens (including phenoxy) is 2. The number of hydrogen-bond acceptors (Lipinski definition) is 8. The number of carbonyl (C=O) groups excluding carboxylic acids is 1. The number of rotatable bonds is 12. The van der Waals surface area contributed by atoms with Gasteiger partial charge in [-0.05, 0) is 56.5 Å². The summed E-state index contributed by atoms with van der Waals surface area (Å²) in [6, 6.07) is 9.60. The predicted octanol–water partition coefficient (Wildman–Crippen LogP) is 3.74. The first-order valence-electron chi connectivity index (χ1n) is 12.4. The molecule has 0 bridgehead atoms. The summed E-state index contributed by atoms with van der Waals surface area (Å²) in [6.07, 6.45) is 1.29. The third-order valence-corrected chi connectivity index (χ3v) is 8.06. The Balaban J connectivity index is 1.77. The molecule has 10 nitrogen and oxygen atoms in total. The van der Waals surface area contributed by atoms with Gasteiger partial charge in [0.1, 0.15) is 18.0 Å². The molecule has 204 valence electrons. The van der Waals surface area contributed by atoms with Crippen molar-refractivity contribution >= 4 is 24.4 Å². The van der Waals surface area contributed by atoms with E-state index in [1.54, 1.807) is 26.0 Å². The topological polar surface area (TPSA) is 121 Å². The van der Waals surface area contributed by atoms with Gasteiger partial charge in [0.15, 0.2) is 0 Å². The largest absolute Gasteiger partial charge is 0.462 e. The fourth-order valence-corrected chi connectivity index (χ4v) is 6.42. The third kappa shape index (κ3) is 8.61. The zero-order chi connectivity index (χ0) is 27.2. The maximum absolute atomic E-state index is 12.9. The number of aromatic nitrogens is 2. The minimum atomic E-state index is -3.24. The van der Waals surface area contributed by atoms with Crippen molar-refractivity contribution in [2.24, 2.45) is 11.8 Å². The van der Waals surface area contributed by atoms with Crippen molar-refractivity contribution < 1.29 is 23.3 Å². The molecule has 37 heavy (non-hydrogen) atoms. The summed E-state index contributed by atoms with van der Waals surface area (Å²) in [5, 5.41) is 3.17. The highest BCUT2D eigenvalue weighted by atomic mass is 32.5. The van der Waals surface area contributed by atoms with Crippen LogP contribution >= 0.6 is 6.64 Å². The number of aromatic amines is 1. The summed E-state index contributed by atoms with van der Waals surface area (Å²) >= 11 is 5.87. The van der Waals surface area contributed by atoms with Crippen LogP contribution in [0.4, 0.5) is 0 Å². The van der Waals surface area contributed by atoms with Crippen LogP contribution in [0.3, 0.4) is 0 Å². The standard InChI is InChI=1S/C25H36N3O7PS/c1-16(2)13-21(24(30)33-17(3)4)27-36(37,35-19-9-7-6-8-10-19)32-15-20-14-18(5)23(34-20)28-12-11-22(29)26-25(28)31/h6-12,16-18,20-21,23H,13-15H2,1-5H3,(H,27,37)(H,26,29,31)/t18-,20-,21?,23+,36?/m0/s1. The Morgan fingerprint density at radius 3 is 2.54 bits per heavy atom. The van der Waals surface area contributed by atoms with Gasteiger partial charge in [-0.1, -0.05) is 39.0 Å². The van der Waals surface area contributed by atoms with Gasteiger partial charge < -0.3 is 18.5 Å². The fraction of sp³-hybridized carbons (Fsp3) is 0.560. The first kappa shape index (κ1) is 29.3. The van der Waals surface area contributed by atoms with Crippen LogP contribution in [0.15, 0.2) is 52.2 Å². The summed E-state index contributed by atoms with van der Waals surface area (Å²) in [4.78, 5) is 38.8. The molecule has 1 saturated heterocycles. The Kier molecular flexibility index (Phi) is 10.3. The summed E-state index contributed by atoms with van der Waals surface area (Å²) in [6.45, 7) is 6.39. The van der Waals surface area contributed by atoms with E-state index < -0.39 is 36.1 Å². The average Bonchev–Trinajstić information content (AvgIpc) is 3.17. The summed E-state index contributed by atoms with van der Waals surface area (Å²) in [5.41, 5.74) is -1.01. The van der Waals surface area contributed by atoms with Crippen LogP contribution in [0.25, 0.3) is 0 Å². The van der Waals surface area contributed by atoms with Crippen LogP contribution < -0.4 is 20.9 Å². The molecule has 0 saturated carbocycles. The lowest BCUT2D eigenvalue weighted by Gasteiger charge is -2.29. The van der Waals surface area contributed by atoms with Crippen LogP contribution in [-0.2, 0) is 30.6 Å². The van der Waals surface area contributed by atoms with E-state index in [9.17, 15) is 14.4 Å². The molecule has 1 aliphatic heterocycles. The first-order valence-corrected chi connectivity index (χ1v) is 15.0. The molecule has 0 radical (unpaired) electrons. The van der Waals surface area contributed by atoms with Gasteiger partial charge in [0.05, 0.1) is 18.8 Å². The van der Waals surface area contributed by atoms with Gasteiger partial charge in [-0.25, -0.2) is 9.88 Å².